The van der Waals surface area contributed by atoms with Crippen LogP contribution in [0.2, 0.25) is 0 Å². The highest BCUT2D eigenvalue weighted by Gasteiger charge is 2.30. The summed E-state index contributed by atoms with van der Waals surface area (Å²) in [5.74, 6) is 0.776. The highest BCUT2D eigenvalue weighted by molar-refractivity contribution is 5.80. The zero-order valence-corrected chi connectivity index (χ0v) is 21.6. The van der Waals surface area contributed by atoms with Gasteiger partial charge in [-0.25, -0.2) is 4.98 Å². The van der Waals surface area contributed by atoms with Gasteiger partial charge in [0.2, 0.25) is 5.91 Å². The van der Waals surface area contributed by atoms with Crippen LogP contribution in [-0.2, 0) is 4.79 Å². The Bertz CT molecular complexity index is 1200. The summed E-state index contributed by atoms with van der Waals surface area (Å²) in [6, 6.07) is 13.2. The van der Waals surface area contributed by atoms with Crippen LogP contribution in [0.5, 0.6) is 0 Å². The summed E-state index contributed by atoms with van der Waals surface area (Å²) in [5, 5.41) is 0.584. The molecule has 5 nitrogen and oxygen atoms in total. The standard InChI is InChI=1S/C29H39N3O2/c1-7-10-13-23(9-3)28(33)31(18-8-2)22(6)27-30-25-15-12-11-14-24(25)29(34)32(27)26-17-16-20(4)19-21(26)5/h11-12,14-17,19,22-23H,7-10,13,18H2,1-6H3. The lowest BCUT2D eigenvalue weighted by molar-refractivity contribution is -0.138. The summed E-state index contributed by atoms with van der Waals surface area (Å²) >= 11 is 0. The first kappa shape index (κ1) is 25.7. The van der Waals surface area contributed by atoms with Gasteiger partial charge >= 0.3 is 0 Å². The molecule has 0 bridgehead atoms. The van der Waals surface area contributed by atoms with Crippen molar-refractivity contribution in [3.8, 4) is 5.69 Å². The fourth-order valence-electron chi connectivity index (χ4n) is 4.78. The molecule has 2 aromatic carbocycles. The molecular weight excluding hydrogens is 422 g/mol. The molecule has 3 aromatic rings. The molecule has 0 fully saturated rings. The highest BCUT2D eigenvalue weighted by Crippen LogP contribution is 2.27. The van der Waals surface area contributed by atoms with Crippen LogP contribution in [0.4, 0.5) is 0 Å². The van der Waals surface area contributed by atoms with Gasteiger partial charge in [0.05, 0.1) is 22.6 Å². The van der Waals surface area contributed by atoms with E-state index in [2.05, 4.69) is 26.8 Å². The normalized spacial score (nSPS) is 13.1. The van der Waals surface area contributed by atoms with Crippen LogP contribution in [0.25, 0.3) is 16.6 Å². The first-order chi connectivity index (χ1) is 16.3. The molecule has 1 amide bonds. The molecule has 0 aliphatic heterocycles. The lowest BCUT2D eigenvalue weighted by Gasteiger charge is -2.33. The molecule has 2 atom stereocenters. The fourth-order valence-corrected chi connectivity index (χ4v) is 4.78. The van der Waals surface area contributed by atoms with E-state index >= 15 is 0 Å². The first-order valence-corrected chi connectivity index (χ1v) is 12.7. The lowest BCUT2D eigenvalue weighted by Crippen LogP contribution is -2.41. The number of unbranched alkanes of at least 4 members (excludes halogenated alkanes) is 1. The number of carbonyl (C=O) groups excluding carboxylic acids is 1. The molecule has 182 valence electrons. The SMILES string of the molecule is CCCCC(CC)C(=O)N(CCC)C(C)c1nc2ccccc2c(=O)n1-c1ccc(C)cc1C. The van der Waals surface area contributed by atoms with Crippen LogP contribution in [0.3, 0.4) is 0 Å². The molecular formula is C29H39N3O2. The van der Waals surface area contributed by atoms with Crippen molar-refractivity contribution in [2.45, 2.75) is 79.7 Å². The number of fused-ring (bicyclic) bond motifs is 1. The quantitative estimate of drug-likeness (QED) is 0.345. The topological polar surface area (TPSA) is 55.2 Å². The van der Waals surface area contributed by atoms with Crippen molar-refractivity contribution in [2.24, 2.45) is 5.92 Å². The third-order valence-corrected chi connectivity index (χ3v) is 6.73. The molecule has 3 rings (SSSR count). The maximum Gasteiger partial charge on any atom is 0.266 e. The van der Waals surface area contributed by atoms with Crippen LogP contribution >= 0.6 is 0 Å². The minimum atomic E-state index is -0.332. The Labute approximate surface area is 203 Å². The van der Waals surface area contributed by atoms with Gasteiger partial charge in [-0.15, -0.1) is 0 Å². The summed E-state index contributed by atoms with van der Waals surface area (Å²) in [6.45, 7) is 13.0. The molecule has 34 heavy (non-hydrogen) atoms. The molecule has 0 aliphatic carbocycles. The minimum absolute atomic E-state index is 0.00399. The second kappa shape index (κ2) is 11.5. The van der Waals surface area contributed by atoms with E-state index < -0.39 is 0 Å². The largest absolute Gasteiger partial charge is 0.333 e. The Hall–Kier alpha value is -2.95. The Balaban J connectivity index is 2.21. The molecule has 0 radical (unpaired) electrons. The number of hydrogen-bond acceptors (Lipinski definition) is 3. The van der Waals surface area contributed by atoms with Gasteiger partial charge in [0.1, 0.15) is 5.82 Å². The van der Waals surface area contributed by atoms with Crippen LogP contribution in [0.1, 0.15) is 82.8 Å². The second-order valence-electron chi connectivity index (χ2n) is 9.37. The van der Waals surface area contributed by atoms with Gasteiger partial charge in [-0.3, -0.25) is 14.2 Å². The second-order valence-corrected chi connectivity index (χ2v) is 9.37. The summed E-state index contributed by atoms with van der Waals surface area (Å²) in [5.41, 5.74) is 3.54. The van der Waals surface area contributed by atoms with Crippen molar-refractivity contribution in [1.29, 1.82) is 0 Å². The number of aryl methyl sites for hydroxylation is 2. The number of nitrogens with zero attached hydrogens (tertiary/aromatic N) is 3. The van der Waals surface area contributed by atoms with Gasteiger partial charge < -0.3 is 4.90 Å². The van der Waals surface area contributed by atoms with Crippen molar-refractivity contribution in [3.05, 3.63) is 69.8 Å². The number of carbonyl (C=O) groups is 1. The van der Waals surface area contributed by atoms with E-state index in [1.807, 2.05) is 62.1 Å². The van der Waals surface area contributed by atoms with E-state index in [1.165, 1.54) is 0 Å². The van der Waals surface area contributed by atoms with E-state index in [0.29, 0.717) is 23.3 Å². The Morgan fingerprint density at radius 1 is 1.06 bits per heavy atom. The number of hydrogen-bond donors (Lipinski definition) is 0. The third kappa shape index (κ3) is 5.24. The molecule has 0 saturated heterocycles. The van der Waals surface area contributed by atoms with Crippen LogP contribution in [0.15, 0.2) is 47.3 Å². The minimum Gasteiger partial charge on any atom is -0.333 e. The fraction of sp³-hybridized carbons (Fsp3) is 0.483. The third-order valence-electron chi connectivity index (χ3n) is 6.73. The average molecular weight is 462 g/mol. The van der Waals surface area contributed by atoms with E-state index in [4.69, 9.17) is 4.98 Å². The summed E-state index contributed by atoms with van der Waals surface area (Å²) in [7, 11) is 0. The van der Waals surface area contributed by atoms with Gasteiger partial charge in [0, 0.05) is 12.5 Å². The molecule has 2 unspecified atom stereocenters. The number of aromatic nitrogens is 2. The molecule has 1 heterocycles. The van der Waals surface area contributed by atoms with Gasteiger partial charge in [0.15, 0.2) is 0 Å². The highest BCUT2D eigenvalue weighted by atomic mass is 16.2. The number of benzene rings is 2. The molecule has 0 N–H and O–H groups in total. The smallest absolute Gasteiger partial charge is 0.266 e. The van der Waals surface area contributed by atoms with E-state index in [-0.39, 0.29) is 23.4 Å². The molecule has 1 aromatic heterocycles. The summed E-state index contributed by atoms with van der Waals surface area (Å²) in [4.78, 5) is 34.4. The molecule has 5 heteroatoms. The van der Waals surface area contributed by atoms with Gasteiger partial charge in [-0.1, -0.05) is 63.4 Å². The Kier molecular flexibility index (Phi) is 8.65. The van der Waals surface area contributed by atoms with Gasteiger partial charge in [-0.2, -0.15) is 0 Å². The Morgan fingerprint density at radius 3 is 2.44 bits per heavy atom. The zero-order chi connectivity index (χ0) is 24.8. The van der Waals surface area contributed by atoms with Gasteiger partial charge in [-0.05, 0) is 63.8 Å². The predicted octanol–water partition coefficient (Wildman–Crippen LogP) is 6.52. The predicted molar refractivity (Wildman–Crippen MR) is 141 cm³/mol. The molecule has 0 spiro atoms. The molecule has 0 aliphatic rings. The van der Waals surface area contributed by atoms with Crippen LogP contribution in [0, 0.1) is 19.8 Å². The average Bonchev–Trinajstić information content (AvgIpc) is 2.83. The lowest BCUT2D eigenvalue weighted by atomic mass is 9.96. The van der Waals surface area contributed by atoms with Crippen molar-refractivity contribution < 1.29 is 4.79 Å². The summed E-state index contributed by atoms with van der Waals surface area (Å²) in [6.07, 6.45) is 4.68. The van der Waals surface area contributed by atoms with E-state index in [9.17, 15) is 9.59 Å². The van der Waals surface area contributed by atoms with Crippen molar-refractivity contribution in [3.63, 3.8) is 0 Å². The Morgan fingerprint density at radius 2 is 1.79 bits per heavy atom. The number of rotatable bonds is 10. The first-order valence-electron chi connectivity index (χ1n) is 12.7. The number of amides is 1. The maximum absolute atomic E-state index is 13.8. The van der Waals surface area contributed by atoms with Gasteiger partial charge in [0.25, 0.3) is 5.56 Å². The van der Waals surface area contributed by atoms with Crippen LogP contribution in [-0.4, -0.2) is 26.9 Å². The summed E-state index contributed by atoms with van der Waals surface area (Å²) < 4.78 is 1.73. The van der Waals surface area contributed by atoms with E-state index in [0.717, 1.165) is 48.9 Å². The molecule has 0 saturated carbocycles. The number of para-hydroxylation sites is 1. The zero-order valence-electron chi connectivity index (χ0n) is 21.6. The van der Waals surface area contributed by atoms with Crippen molar-refractivity contribution >= 4 is 16.8 Å². The van der Waals surface area contributed by atoms with E-state index in [1.54, 1.807) is 4.57 Å². The van der Waals surface area contributed by atoms with Crippen molar-refractivity contribution in [2.75, 3.05) is 6.54 Å². The van der Waals surface area contributed by atoms with Crippen molar-refractivity contribution in [1.82, 2.24) is 14.5 Å². The monoisotopic (exact) mass is 461 g/mol. The van der Waals surface area contributed by atoms with Crippen LogP contribution < -0.4 is 5.56 Å². The maximum atomic E-state index is 13.8.